The van der Waals surface area contributed by atoms with Crippen molar-refractivity contribution in [3.05, 3.63) is 11.7 Å². The third-order valence-electron chi connectivity index (χ3n) is 2.12. The maximum Gasteiger partial charge on any atom is 0.240 e. The van der Waals surface area contributed by atoms with Crippen LogP contribution in [0.2, 0.25) is 0 Å². The van der Waals surface area contributed by atoms with Crippen molar-refractivity contribution in [1.29, 1.82) is 0 Å². The Balaban J connectivity index is 2.52. The van der Waals surface area contributed by atoms with Gasteiger partial charge in [-0.25, -0.2) is 8.42 Å². The lowest BCUT2D eigenvalue weighted by Gasteiger charge is -2.07. The SMILES string of the molecule is CCC(C)NCc1nc(CS(C)(=O)=O)no1. The molecule has 0 saturated heterocycles. The van der Waals surface area contributed by atoms with Gasteiger partial charge in [-0.3, -0.25) is 0 Å². The number of rotatable bonds is 6. The van der Waals surface area contributed by atoms with Gasteiger partial charge in [0.1, 0.15) is 5.75 Å². The van der Waals surface area contributed by atoms with E-state index in [4.69, 9.17) is 4.52 Å². The second-order valence-electron chi connectivity index (χ2n) is 3.86. The van der Waals surface area contributed by atoms with Crippen LogP contribution in [0, 0.1) is 0 Å². The normalized spacial score (nSPS) is 13.9. The predicted molar refractivity (Wildman–Crippen MR) is 59.4 cm³/mol. The molecule has 0 saturated carbocycles. The van der Waals surface area contributed by atoms with Gasteiger partial charge >= 0.3 is 0 Å². The summed E-state index contributed by atoms with van der Waals surface area (Å²) in [5, 5.41) is 6.78. The molecule has 16 heavy (non-hydrogen) atoms. The fourth-order valence-corrected chi connectivity index (χ4v) is 1.65. The number of nitrogens with zero attached hydrogens (tertiary/aromatic N) is 2. The van der Waals surface area contributed by atoms with Crippen LogP contribution in [-0.4, -0.2) is 30.9 Å². The van der Waals surface area contributed by atoms with Crippen LogP contribution >= 0.6 is 0 Å². The van der Waals surface area contributed by atoms with Crippen LogP contribution in [0.1, 0.15) is 32.0 Å². The Morgan fingerprint density at radius 1 is 1.50 bits per heavy atom. The number of aromatic nitrogens is 2. The molecule has 0 radical (unpaired) electrons. The van der Waals surface area contributed by atoms with E-state index in [2.05, 4.69) is 22.4 Å². The van der Waals surface area contributed by atoms with Gasteiger partial charge in [-0.05, 0) is 13.3 Å². The molecule has 6 nitrogen and oxygen atoms in total. The highest BCUT2D eigenvalue weighted by Gasteiger charge is 2.12. The predicted octanol–water partition coefficient (Wildman–Crippen LogP) is 0.502. The van der Waals surface area contributed by atoms with Crippen molar-refractivity contribution in [1.82, 2.24) is 15.5 Å². The standard InChI is InChI=1S/C9H17N3O3S/c1-4-7(2)10-5-9-11-8(12-15-9)6-16(3,13)14/h7,10H,4-6H2,1-3H3. The minimum atomic E-state index is -3.11. The Morgan fingerprint density at radius 2 is 2.19 bits per heavy atom. The highest BCUT2D eigenvalue weighted by atomic mass is 32.2. The highest BCUT2D eigenvalue weighted by molar-refractivity contribution is 7.89. The molecule has 1 atom stereocenters. The van der Waals surface area contributed by atoms with Crippen molar-refractivity contribution in [2.75, 3.05) is 6.26 Å². The van der Waals surface area contributed by atoms with Crippen LogP contribution in [0.25, 0.3) is 0 Å². The minimum Gasteiger partial charge on any atom is -0.338 e. The first-order valence-corrected chi connectivity index (χ1v) is 7.19. The highest BCUT2D eigenvalue weighted by Crippen LogP contribution is 2.02. The van der Waals surface area contributed by atoms with Crippen LogP contribution in [0.5, 0.6) is 0 Å². The van der Waals surface area contributed by atoms with Gasteiger partial charge in [-0.15, -0.1) is 0 Å². The van der Waals surface area contributed by atoms with Gasteiger partial charge in [-0.1, -0.05) is 12.1 Å². The number of nitrogens with one attached hydrogen (secondary N) is 1. The van der Waals surface area contributed by atoms with E-state index in [9.17, 15) is 8.42 Å². The monoisotopic (exact) mass is 247 g/mol. The summed E-state index contributed by atoms with van der Waals surface area (Å²) in [6.45, 7) is 4.58. The molecule has 1 heterocycles. The third-order valence-corrected chi connectivity index (χ3v) is 2.90. The lowest BCUT2D eigenvalue weighted by molar-refractivity contribution is 0.355. The molecule has 0 aliphatic carbocycles. The Morgan fingerprint density at radius 3 is 2.75 bits per heavy atom. The quantitative estimate of drug-likeness (QED) is 0.788. The van der Waals surface area contributed by atoms with Crippen LogP contribution in [0.3, 0.4) is 0 Å². The molecule has 0 aliphatic rings. The van der Waals surface area contributed by atoms with E-state index in [1.165, 1.54) is 0 Å². The summed E-state index contributed by atoms with van der Waals surface area (Å²) in [4.78, 5) is 3.98. The summed E-state index contributed by atoms with van der Waals surface area (Å²) in [7, 11) is -3.11. The molecule has 0 bridgehead atoms. The van der Waals surface area contributed by atoms with E-state index < -0.39 is 9.84 Å². The molecule has 1 aromatic rings. The topological polar surface area (TPSA) is 85.1 Å². The largest absolute Gasteiger partial charge is 0.338 e. The third kappa shape index (κ3) is 4.71. The Kier molecular flexibility index (Phi) is 4.43. The molecule has 1 aromatic heterocycles. The zero-order valence-electron chi connectivity index (χ0n) is 9.73. The first-order valence-electron chi connectivity index (χ1n) is 5.13. The van der Waals surface area contributed by atoms with Crippen LogP contribution in [0.15, 0.2) is 4.52 Å². The van der Waals surface area contributed by atoms with Crippen LogP contribution < -0.4 is 5.32 Å². The lowest BCUT2D eigenvalue weighted by atomic mass is 10.3. The van der Waals surface area contributed by atoms with Crippen LogP contribution in [0.4, 0.5) is 0 Å². The summed E-state index contributed by atoms with van der Waals surface area (Å²) in [6, 6.07) is 0.366. The van der Waals surface area contributed by atoms with E-state index in [1.54, 1.807) is 0 Å². The molecule has 1 unspecified atom stereocenters. The maximum atomic E-state index is 11.0. The average molecular weight is 247 g/mol. The van der Waals surface area contributed by atoms with Crippen LogP contribution in [-0.2, 0) is 22.1 Å². The van der Waals surface area contributed by atoms with Gasteiger partial charge in [0, 0.05) is 12.3 Å². The molecule has 0 fully saturated rings. The van der Waals surface area contributed by atoms with E-state index in [0.717, 1.165) is 12.7 Å². The molecule has 0 amide bonds. The van der Waals surface area contributed by atoms with Crippen molar-refractivity contribution in [2.24, 2.45) is 0 Å². The summed E-state index contributed by atoms with van der Waals surface area (Å²) in [6.07, 6.45) is 2.14. The van der Waals surface area contributed by atoms with E-state index in [0.29, 0.717) is 18.5 Å². The minimum absolute atomic E-state index is 0.181. The number of hydrogen-bond acceptors (Lipinski definition) is 6. The molecule has 0 spiro atoms. The first-order chi connectivity index (χ1) is 7.40. The first kappa shape index (κ1) is 13.1. The Bertz CT molecular complexity index is 427. The molecule has 0 aliphatic heterocycles. The zero-order chi connectivity index (χ0) is 12.2. The second-order valence-corrected chi connectivity index (χ2v) is 6.00. The zero-order valence-corrected chi connectivity index (χ0v) is 10.5. The van der Waals surface area contributed by atoms with E-state index >= 15 is 0 Å². The van der Waals surface area contributed by atoms with Gasteiger partial charge < -0.3 is 9.84 Å². The lowest BCUT2D eigenvalue weighted by Crippen LogP contribution is -2.24. The van der Waals surface area contributed by atoms with Crippen molar-refractivity contribution in [3.8, 4) is 0 Å². The van der Waals surface area contributed by atoms with Gasteiger partial charge in [0.05, 0.1) is 6.54 Å². The van der Waals surface area contributed by atoms with E-state index in [1.807, 2.05) is 6.92 Å². The van der Waals surface area contributed by atoms with Gasteiger partial charge in [0.25, 0.3) is 0 Å². The van der Waals surface area contributed by atoms with Crippen molar-refractivity contribution in [3.63, 3.8) is 0 Å². The molecule has 0 aromatic carbocycles. The summed E-state index contributed by atoms with van der Waals surface area (Å²) in [5.74, 6) is 0.447. The fraction of sp³-hybridized carbons (Fsp3) is 0.778. The molecule has 7 heteroatoms. The summed E-state index contributed by atoms with van der Waals surface area (Å²) in [5.41, 5.74) is 0. The summed E-state index contributed by atoms with van der Waals surface area (Å²) >= 11 is 0. The summed E-state index contributed by atoms with van der Waals surface area (Å²) < 4.78 is 26.9. The Hall–Kier alpha value is -0.950. The Labute approximate surface area is 95.3 Å². The van der Waals surface area contributed by atoms with Crippen molar-refractivity contribution >= 4 is 9.84 Å². The second kappa shape index (κ2) is 5.40. The molecular formula is C9H17N3O3S. The number of sulfone groups is 1. The number of hydrogen-bond donors (Lipinski definition) is 1. The molecule has 1 rings (SSSR count). The van der Waals surface area contributed by atoms with Gasteiger partial charge in [-0.2, -0.15) is 4.98 Å². The van der Waals surface area contributed by atoms with Gasteiger partial charge in [0.15, 0.2) is 15.7 Å². The van der Waals surface area contributed by atoms with E-state index in [-0.39, 0.29) is 11.6 Å². The molecule has 1 N–H and O–H groups in total. The molecule has 92 valence electrons. The average Bonchev–Trinajstić information content (AvgIpc) is 2.59. The van der Waals surface area contributed by atoms with Crippen molar-refractivity contribution < 1.29 is 12.9 Å². The maximum absolute atomic E-state index is 11.0. The van der Waals surface area contributed by atoms with Gasteiger partial charge in [0.2, 0.25) is 5.89 Å². The smallest absolute Gasteiger partial charge is 0.240 e. The fourth-order valence-electron chi connectivity index (χ4n) is 1.06. The molecular weight excluding hydrogens is 230 g/mol. The van der Waals surface area contributed by atoms with Crippen molar-refractivity contribution in [2.45, 2.75) is 38.6 Å².